The van der Waals surface area contributed by atoms with E-state index in [1.807, 2.05) is 13.0 Å². The van der Waals surface area contributed by atoms with Gasteiger partial charge in [0, 0.05) is 23.1 Å². The fourth-order valence-electron chi connectivity index (χ4n) is 2.52. The molecule has 0 saturated heterocycles. The normalized spacial score (nSPS) is 11.6. The topological polar surface area (TPSA) is 58.6 Å². The highest BCUT2D eigenvalue weighted by atomic mass is 35.5. The van der Waals surface area contributed by atoms with Crippen molar-refractivity contribution in [3.05, 3.63) is 64.1 Å². The summed E-state index contributed by atoms with van der Waals surface area (Å²) in [5, 5.41) is 3.83. The Morgan fingerprint density at radius 1 is 1.11 bits per heavy atom. The third-order valence-corrected chi connectivity index (χ3v) is 4.39. The lowest BCUT2D eigenvalue weighted by molar-refractivity contribution is -0.142. The maximum absolute atomic E-state index is 12.8. The van der Waals surface area contributed by atoms with E-state index < -0.39 is 6.04 Å². The van der Waals surface area contributed by atoms with Crippen molar-refractivity contribution in [2.75, 3.05) is 13.2 Å². The molecule has 0 spiro atoms. The fourth-order valence-corrected chi connectivity index (χ4v) is 2.91. The van der Waals surface area contributed by atoms with Crippen molar-refractivity contribution < 1.29 is 14.3 Å². The van der Waals surface area contributed by atoms with Crippen LogP contribution in [0.3, 0.4) is 0 Å². The second kappa shape index (κ2) is 10.2. The summed E-state index contributed by atoms with van der Waals surface area (Å²) in [6.07, 6.45) is 0. The molecule has 2 amide bonds. The highest BCUT2D eigenvalue weighted by molar-refractivity contribution is 6.30. The molecule has 1 atom stereocenters. The molecule has 2 aromatic rings. The van der Waals surface area contributed by atoms with Crippen molar-refractivity contribution in [1.29, 1.82) is 0 Å². The van der Waals surface area contributed by atoms with E-state index in [0.29, 0.717) is 22.3 Å². The molecule has 27 heavy (non-hydrogen) atoms. The van der Waals surface area contributed by atoms with Crippen LogP contribution in [0.2, 0.25) is 10.0 Å². The molecular formula is C20H22Cl2N2O3. The lowest BCUT2D eigenvalue weighted by Crippen LogP contribution is -2.49. The average Bonchev–Trinajstić information content (AvgIpc) is 2.64. The van der Waals surface area contributed by atoms with Crippen molar-refractivity contribution in [2.24, 2.45) is 0 Å². The van der Waals surface area contributed by atoms with Gasteiger partial charge in [-0.05, 0) is 49.7 Å². The summed E-state index contributed by atoms with van der Waals surface area (Å²) in [7, 11) is 0. The summed E-state index contributed by atoms with van der Waals surface area (Å²) in [5.74, 6) is -0.0476. The van der Waals surface area contributed by atoms with Crippen LogP contribution in [0.15, 0.2) is 48.5 Å². The van der Waals surface area contributed by atoms with Crippen LogP contribution in [0.1, 0.15) is 19.4 Å². The zero-order valence-corrected chi connectivity index (χ0v) is 16.8. The number of carbonyl (C=O) groups excluding carboxylic acids is 2. The molecule has 0 heterocycles. The summed E-state index contributed by atoms with van der Waals surface area (Å²) in [6, 6.07) is 13.3. The first kappa shape index (κ1) is 21.1. The Bertz CT molecular complexity index is 798. The number of ether oxygens (including phenoxy) is 1. The molecule has 0 aliphatic heterocycles. The highest BCUT2D eigenvalue weighted by Crippen LogP contribution is 2.18. The van der Waals surface area contributed by atoms with Gasteiger partial charge in [-0.1, -0.05) is 41.4 Å². The minimum Gasteiger partial charge on any atom is -0.484 e. The molecule has 0 bridgehead atoms. The second-order valence-corrected chi connectivity index (χ2v) is 6.84. The third-order valence-electron chi connectivity index (χ3n) is 3.92. The molecular weight excluding hydrogens is 387 g/mol. The molecule has 2 aromatic carbocycles. The van der Waals surface area contributed by atoms with Crippen LogP contribution in [-0.4, -0.2) is 35.9 Å². The summed E-state index contributed by atoms with van der Waals surface area (Å²) in [6.45, 7) is 4.05. The second-order valence-electron chi connectivity index (χ2n) is 5.97. The molecule has 144 valence electrons. The Balaban J connectivity index is 2.14. The van der Waals surface area contributed by atoms with Gasteiger partial charge in [-0.25, -0.2) is 0 Å². The maximum Gasteiger partial charge on any atom is 0.261 e. The number of nitrogens with zero attached hydrogens (tertiary/aromatic N) is 1. The molecule has 5 nitrogen and oxygen atoms in total. The predicted octanol–water partition coefficient (Wildman–Crippen LogP) is 3.93. The van der Waals surface area contributed by atoms with Gasteiger partial charge in [0.15, 0.2) is 6.61 Å². The van der Waals surface area contributed by atoms with Gasteiger partial charge in [0.05, 0.1) is 0 Å². The Morgan fingerprint density at radius 3 is 2.41 bits per heavy atom. The van der Waals surface area contributed by atoms with E-state index in [9.17, 15) is 9.59 Å². The standard InChI is InChI=1S/C20H22Cl2N2O3/c1-3-23-20(26)14(2)24(12-15-6-4-7-16(21)10-15)19(25)13-27-18-9-5-8-17(22)11-18/h4-11,14H,3,12-13H2,1-2H3,(H,23,26). The van der Waals surface area contributed by atoms with Gasteiger partial charge >= 0.3 is 0 Å². The Morgan fingerprint density at radius 2 is 1.78 bits per heavy atom. The number of hydrogen-bond donors (Lipinski definition) is 1. The van der Waals surface area contributed by atoms with Crippen LogP contribution in [-0.2, 0) is 16.1 Å². The Labute approximate surface area is 169 Å². The molecule has 0 aromatic heterocycles. The van der Waals surface area contributed by atoms with Gasteiger partial charge in [0.1, 0.15) is 11.8 Å². The van der Waals surface area contributed by atoms with E-state index in [-0.39, 0.29) is 25.0 Å². The predicted molar refractivity (Wildman–Crippen MR) is 107 cm³/mol. The molecule has 0 aliphatic carbocycles. The lowest BCUT2D eigenvalue weighted by Gasteiger charge is -2.28. The van der Waals surface area contributed by atoms with Crippen LogP contribution in [0.25, 0.3) is 0 Å². The van der Waals surface area contributed by atoms with Crippen molar-refractivity contribution in [2.45, 2.75) is 26.4 Å². The molecule has 0 saturated carbocycles. The number of halogens is 2. The molecule has 1 N–H and O–H groups in total. The Hall–Kier alpha value is -2.24. The van der Waals surface area contributed by atoms with Crippen molar-refractivity contribution in [1.82, 2.24) is 10.2 Å². The van der Waals surface area contributed by atoms with Crippen molar-refractivity contribution in [3.63, 3.8) is 0 Å². The summed E-state index contributed by atoms with van der Waals surface area (Å²) >= 11 is 12.0. The van der Waals surface area contributed by atoms with Crippen LogP contribution in [0, 0.1) is 0 Å². The lowest BCUT2D eigenvalue weighted by atomic mass is 10.1. The van der Waals surface area contributed by atoms with Crippen LogP contribution >= 0.6 is 23.2 Å². The van der Waals surface area contributed by atoms with E-state index >= 15 is 0 Å². The Kier molecular flexibility index (Phi) is 7.95. The van der Waals surface area contributed by atoms with Crippen LogP contribution in [0.5, 0.6) is 5.75 Å². The molecule has 1 unspecified atom stereocenters. The number of likely N-dealkylation sites (N-methyl/N-ethyl adjacent to an activating group) is 1. The first-order chi connectivity index (χ1) is 12.9. The zero-order valence-electron chi connectivity index (χ0n) is 15.2. The number of carbonyl (C=O) groups is 2. The maximum atomic E-state index is 12.8. The summed E-state index contributed by atoms with van der Waals surface area (Å²) in [5.41, 5.74) is 0.828. The molecule has 2 rings (SSSR count). The van der Waals surface area contributed by atoms with E-state index in [0.717, 1.165) is 5.56 Å². The largest absolute Gasteiger partial charge is 0.484 e. The van der Waals surface area contributed by atoms with Gasteiger partial charge in [-0.3, -0.25) is 9.59 Å². The first-order valence-corrected chi connectivity index (χ1v) is 9.36. The van der Waals surface area contributed by atoms with Gasteiger partial charge in [-0.2, -0.15) is 0 Å². The van der Waals surface area contributed by atoms with Gasteiger partial charge in [-0.15, -0.1) is 0 Å². The highest BCUT2D eigenvalue weighted by Gasteiger charge is 2.26. The summed E-state index contributed by atoms with van der Waals surface area (Å²) in [4.78, 5) is 26.5. The average molecular weight is 409 g/mol. The monoisotopic (exact) mass is 408 g/mol. The zero-order chi connectivity index (χ0) is 19.8. The van der Waals surface area contributed by atoms with E-state index in [1.165, 1.54) is 4.90 Å². The third kappa shape index (κ3) is 6.45. The van der Waals surface area contributed by atoms with E-state index in [2.05, 4.69) is 5.32 Å². The number of hydrogen-bond acceptors (Lipinski definition) is 3. The first-order valence-electron chi connectivity index (χ1n) is 8.60. The van der Waals surface area contributed by atoms with Crippen molar-refractivity contribution in [3.8, 4) is 5.75 Å². The molecule has 0 fully saturated rings. The van der Waals surface area contributed by atoms with Gasteiger partial charge in [0.2, 0.25) is 5.91 Å². The molecule has 7 heteroatoms. The number of rotatable bonds is 8. The minimum atomic E-state index is -0.653. The summed E-state index contributed by atoms with van der Waals surface area (Å²) < 4.78 is 5.55. The molecule has 0 aliphatic rings. The van der Waals surface area contributed by atoms with Crippen LogP contribution in [0.4, 0.5) is 0 Å². The quantitative estimate of drug-likeness (QED) is 0.719. The van der Waals surface area contributed by atoms with Gasteiger partial charge < -0.3 is 15.0 Å². The molecule has 0 radical (unpaired) electrons. The van der Waals surface area contributed by atoms with Crippen molar-refractivity contribution >= 4 is 35.0 Å². The SMILES string of the molecule is CCNC(=O)C(C)N(Cc1cccc(Cl)c1)C(=O)COc1cccc(Cl)c1. The number of nitrogens with one attached hydrogen (secondary N) is 1. The number of benzene rings is 2. The minimum absolute atomic E-state index is 0.204. The number of amides is 2. The van der Waals surface area contributed by atoms with Gasteiger partial charge in [0.25, 0.3) is 5.91 Å². The van der Waals surface area contributed by atoms with E-state index in [1.54, 1.807) is 49.4 Å². The van der Waals surface area contributed by atoms with E-state index in [4.69, 9.17) is 27.9 Å². The fraction of sp³-hybridized carbons (Fsp3) is 0.300. The smallest absolute Gasteiger partial charge is 0.261 e. The van der Waals surface area contributed by atoms with Crippen LogP contribution < -0.4 is 10.1 Å².